The van der Waals surface area contributed by atoms with E-state index >= 15 is 0 Å². The Hall–Kier alpha value is 1.00. The van der Waals surface area contributed by atoms with Gasteiger partial charge < -0.3 is 5.92 Å². The first-order valence-electron chi connectivity index (χ1n) is 3.21. The molecule has 0 bridgehead atoms. The van der Waals surface area contributed by atoms with Gasteiger partial charge in [-0.3, -0.25) is 0 Å². The summed E-state index contributed by atoms with van der Waals surface area (Å²) in [4.78, 5) is 0. The molecule has 0 atom stereocenters. The second-order valence-electron chi connectivity index (χ2n) is 2.52. The van der Waals surface area contributed by atoms with Crippen molar-refractivity contribution in [2.75, 3.05) is 0 Å². The van der Waals surface area contributed by atoms with Crippen LogP contribution in [0.1, 0.15) is 39.0 Å². The molecule has 0 aromatic carbocycles. The Morgan fingerprint density at radius 2 is 1.50 bits per heavy atom. The molecule has 0 aliphatic heterocycles. The van der Waals surface area contributed by atoms with E-state index in [1.54, 1.807) is 5.92 Å². The maximum Gasteiger partial charge on any atom is 1.00 e. The first-order chi connectivity index (χ1) is 3.39. The zero-order valence-corrected chi connectivity index (χ0v) is 8.04. The fourth-order valence-corrected chi connectivity index (χ4v) is 1.16. The molecule has 1 aliphatic rings. The number of hydrogen-bond donors (Lipinski definition) is 0. The Balaban J connectivity index is 0.000000490. The van der Waals surface area contributed by atoms with Crippen molar-refractivity contribution in [2.24, 2.45) is 0 Å². The predicted molar refractivity (Wildman–Crippen MR) is 32.0 cm³/mol. The second kappa shape index (κ2) is 4.84. The van der Waals surface area contributed by atoms with Gasteiger partial charge in [0.15, 0.2) is 0 Å². The third-order valence-corrected chi connectivity index (χ3v) is 1.71. The maximum atomic E-state index is 2.28. The van der Waals surface area contributed by atoms with Gasteiger partial charge in [0, 0.05) is 0 Å². The molecule has 1 heteroatoms. The zero-order chi connectivity index (χ0) is 5.11. The Labute approximate surface area is 74.3 Å². The summed E-state index contributed by atoms with van der Waals surface area (Å²) in [5, 5.41) is 0. The summed E-state index contributed by atoms with van der Waals surface area (Å²) in [5.74, 6) is 1.71. The number of rotatable bonds is 0. The Bertz CT molecular complexity index is 46.3. The molecule has 0 nitrogen and oxygen atoms in total. The van der Waals surface area contributed by atoms with E-state index in [-0.39, 0.29) is 29.6 Å². The van der Waals surface area contributed by atoms with Crippen LogP contribution in [-0.4, -0.2) is 0 Å². The SMILES string of the molecule is C[C-]1CCCCC1.[Na+]. The summed E-state index contributed by atoms with van der Waals surface area (Å²) in [5.41, 5.74) is 0. The molecule has 8 heavy (non-hydrogen) atoms. The van der Waals surface area contributed by atoms with Crippen LogP contribution < -0.4 is 29.6 Å². The Morgan fingerprint density at radius 1 is 1.00 bits per heavy atom. The summed E-state index contributed by atoms with van der Waals surface area (Å²) in [6.07, 6.45) is 7.18. The molecule has 1 rings (SSSR count). The molecule has 0 aromatic heterocycles. The third-order valence-electron chi connectivity index (χ3n) is 1.71. The molecule has 0 saturated heterocycles. The summed E-state index contributed by atoms with van der Waals surface area (Å²) in [6, 6.07) is 0. The predicted octanol–water partition coefficient (Wildman–Crippen LogP) is -0.451. The van der Waals surface area contributed by atoms with Crippen LogP contribution >= 0.6 is 0 Å². The minimum Gasteiger partial charge on any atom is -0.317 e. The molecule has 0 unspecified atom stereocenters. The van der Waals surface area contributed by atoms with Crippen molar-refractivity contribution in [3.8, 4) is 0 Å². The van der Waals surface area contributed by atoms with Gasteiger partial charge in [0.2, 0.25) is 0 Å². The minimum atomic E-state index is 0. The van der Waals surface area contributed by atoms with Crippen LogP contribution in [0.3, 0.4) is 0 Å². The van der Waals surface area contributed by atoms with Gasteiger partial charge in [0.1, 0.15) is 0 Å². The topological polar surface area (TPSA) is 0 Å². The standard InChI is InChI=1S/C7H13.Na/c1-7-5-3-2-4-6-7;/h2-6H2,1H3;/q-1;+1. The summed E-state index contributed by atoms with van der Waals surface area (Å²) >= 11 is 0. The van der Waals surface area contributed by atoms with Crippen molar-refractivity contribution in [3.63, 3.8) is 0 Å². The van der Waals surface area contributed by atoms with Gasteiger partial charge in [-0.15, -0.1) is 0 Å². The van der Waals surface area contributed by atoms with Crippen LogP contribution in [0, 0.1) is 5.92 Å². The van der Waals surface area contributed by atoms with Gasteiger partial charge in [-0.05, 0) is 0 Å². The van der Waals surface area contributed by atoms with E-state index in [4.69, 9.17) is 0 Å². The molecular formula is C7H13Na. The van der Waals surface area contributed by atoms with E-state index in [2.05, 4.69) is 6.92 Å². The molecular weight excluding hydrogens is 107 g/mol. The van der Waals surface area contributed by atoms with Gasteiger partial charge in [0.25, 0.3) is 0 Å². The number of hydrogen-bond acceptors (Lipinski definition) is 0. The minimum absolute atomic E-state index is 0. The van der Waals surface area contributed by atoms with Crippen LogP contribution in [-0.2, 0) is 0 Å². The van der Waals surface area contributed by atoms with E-state index in [9.17, 15) is 0 Å². The molecule has 0 aromatic rings. The maximum absolute atomic E-state index is 2.28. The molecule has 0 radical (unpaired) electrons. The van der Waals surface area contributed by atoms with Crippen LogP contribution in [0.15, 0.2) is 0 Å². The average molecular weight is 120 g/mol. The van der Waals surface area contributed by atoms with Crippen molar-refractivity contribution < 1.29 is 29.6 Å². The molecule has 1 aliphatic carbocycles. The van der Waals surface area contributed by atoms with E-state index in [1.807, 2.05) is 0 Å². The van der Waals surface area contributed by atoms with Crippen LogP contribution in [0.4, 0.5) is 0 Å². The van der Waals surface area contributed by atoms with E-state index < -0.39 is 0 Å². The fraction of sp³-hybridized carbons (Fsp3) is 0.857. The van der Waals surface area contributed by atoms with Gasteiger partial charge in [0.05, 0.1) is 0 Å². The van der Waals surface area contributed by atoms with E-state index in [0.29, 0.717) is 0 Å². The molecule has 1 fully saturated rings. The quantitative estimate of drug-likeness (QED) is 0.300. The van der Waals surface area contributed by atoms with Crippen LogP contribution in [0.25, 0.3) is 0 Å². The first kappa shape index (κ1) is 9.00. The Kier molecular flexibility index (Phi) is 5.44. The zero-order valence-electron chi connectivity index (χ0n) is 6.04. The van der Waals surface area contributed by atoms with Crippen molar-refractivity contribution in [2.45, 2.75) is 39.0 Å². The van der Waals surface area contributed by atoms with Crippen molar-refractivity contribution in [3.05, 3.63) is 5.92 Å². The molecule has 0 spiro atoms. The molecule has 0 heterocycles. The molecule has 0 N–H and O–H groups in total. The van der Waals surface area contributed by atoms with Crippen molar-refractivity contribution >= 4 is 0 Å². The monoisotopic (exact) mass is 120 g/mol. The summed E-state index contributed by atoms with van der Waals surface area (Å²) in [6.45, 7) is 2.28. The van der Waals surface area contributed by atoms with Crippen LogP contribution in [0.5, 0.6) is 0 Å². The normalized spacial score (nSPS) is 22.1. The summed E-state index contributed by atoms with van der Waals surface area (Å²) < 4.78 is 0. The van der Waals surface area contributed by atoms with E-state index in [0.717, 1.165) is 0 Å². The van der Waals surface area contributed by atoms with Gasteiger partial charge >= 0.3 is 29.6 Å². The van der Waals surface area contributed by atoms with Gasteiger partial charge in [-0.2, -0.15) is 19.8 Å². The first-order valence-corrected chi connectivity index (χ1v) is 3.21. The van der Waals surface area contributed by atoms with E-state index in [1.165, 1.54) is 32.1 Å². The van der Waals surface area contributed by atoms with Gasteiger partial charge in [-0.1, -0.05) is 19.3 Å². The Morgan fingerprint density at radius 3 is 1.75 bits per heavy atom. The smallest absolute Gasteiger partial charge is 0.317 e. The summed E-state index contributed by atoms with van der Waals surface area (Å²) in [7, 11) is 0. The van der Waals surface area contributed by atoms with Crippen LogP contribution in [0.2, 0.25) is 0 Å². The largest absolute Gasteiger partial charge is 1.00 e. The second-order valence-corrected chi connectivity index (χ2v) is 2.52. The molecule has 0 amide bonds. The van der Waals surface area contributed by atoms with Gasteiger partial charge in [-0.25, -0.2) is 0 Å². The fourth-order valence-electron chi connectivity index (χ4n) is 1.16. The van der Waals surface area contributed by atoms with Crippen molar-refractivity contribution in [1.29, 1.82) is 0 Å². The van der Waals surface area contributed by atoms with Crippen molar-refractivity contribution in [1.82, 2.24) is 0 Å². The third kappa shape index (κ3) is 3.11. The molecule has 1 saturated carbocycles. The molecule has 42 valence electrons. The average Bonchev–Trinajstić information content (AvgIpc) is 1.69.